The molecule has 1 saturated heterocycles. The number of ether oxygens (including phenoxy) is 1. The number of morpholine rings is 1. The van der Waals surface area contributed by atoms with E-state index in [4.69, 9.17) is 4.74 Å². The summed E-state index contributed by atoms with van der Waals surface area (Å²) in [6.45, 7) is 4.48. The van der Waals surface area contributed by atoms with Crippen molar-refractivity contribution in [3.63, 3.8) is 0 Å². The van der Waals surface area contributed by atoms with Crippen LogP contribution in [-0.2, 0) is 26.0 Å². The number of aryl methyl sites for hydroxylation is 1. The van der Waals surface area contributed by atoms with Crippen molar-refractivity contribution in [2.24, 2.45) is 0 Å². The summed E-state index contributed by atoms with van der Waals surface area (Å²) in [5, 5.41) is 2.77. The Bertz CT molecular complexity index is 701. The lowest BCUT2D eigenvalue weighted by Gasteiger charge is -2.35. The topological polar surface area (TPSA) is 75.7 Å². The minimum Gasteiger partial charge on any atom is -0.375 e. The molecule has 1 aromatic rings. The molecule has 120 valence electrons. The van der Waals surface area contributed by atoms with Gasteiger partial charge >= 0.3 is 0 Å². The largest absolute Gasteiger partial charge is 0.375 e. The molecule has 0 bridgehead atoms. The zero-order valence-electron chi connectivity index (χ0n) is 12.7. The molecule has 7 heteroatoms. The molecule has 0 unspecified atom stereocenters. The van der Waals surface area contributed by atoms with Gasteiger partial charge < -0.3 is 10.1 Å². The van der Waals surface area contributed by atoms with E-state index < -0.39 is 10.0 Å². The number of fused-ring (bicyclic) bond motifs is 1. The van der Waals surface area contributed by atoms with Crippen molar-refractivity contribution in [3.8, 4) is 0 Å². The monoisotopic (exact) mass is 324 g/mol. The lowest BCUT2D eigenvalue weighted by Crippen LogP contribution is -2.50. The van der Waals surface area contributed by atoms with Gasteiger partial charge in [0.1, 0.15) is 0 Å². The lowest BCUT2D eigenvalue weighted by molar-refractivity contribution is -0.116. The number of carbonyl (C=O) groups excluding carboxylic acids is 1. The molecule has 1 aromatic carbocycles. The van der Waals surface area contributed by atoms with Crippen molar-refractivity contribution < 1.29 is 17.9 Å². The molecule has 0 saturated carbocycles. The van der Waals surface area contributed by atoms with Crippen molar-refractivity contribution in [3.05, 3.63) is 23.8 Å². The molecule has 22 heavy (non-hydrogen) atoms. The Morgan fingerprint density at radius 3 is 2.82 bits per heavy atom. The standard InChI is InChI=1S/C15H20N2O4S/c1-10-9-21-11(2)8-17(10)22(19,20)13-4-5-14-12(7-13)3-6-15(18)16-14/h4-5,7,10-11H,3,6,8-9H2,1-2H3,(H,16,18)/t10-,11-/m1/s1. The first-order valence-electron chi connectivity index (χ1n) is 7.44. The number of sulfonamides is 1. The molecule has 1 N–H and O–H groups in total. The first-order valence-corrected chi connectivity index (χ1v) is 8.88. The first-order chi connectivity index (χ1) is 10.4. The fraction of sp³-hybridized carbons (Fsp3) is 0.533. The van der Waals surface area contributed by atoms with Gasteiger partial charge in [-0.2, -0.15) is 4.31 Å². The van der Waals surface area contributed by atoms with Crippen LogP contribution in [0.2, 0.25) is 0 Å². The predicted octanol–water partition coefficient (Wildman–Crippen LogP) is 1.37. The van der Waals surface area contributed by atoms with Crippen LogP contribution in [0.3, 0.4) is 0 Å². The highest BCUT2D eigenvalue weighted by atomic mass is 32.2. The fourth-order valence-corrected chi connectivity index (χ4v) is 4.61. The Kier molecular flexibility index (Phi) is 3.96. The summed E-state index contributed by atoms with van der Waals surface area (Å²) in [6, 6.07) is 4.73. The average molecular weight is 324 g/mol. The van der Waals surface area contributed by atoms with E-state index in [9.17, 15) is 13.2 Å². The molecule has 0 aliphatic carbocycles. The number of benzene rings is 1. The SMILES string of the molecule is C[C@@H]1CN(S(=O)(=O)c2ccc3c(c2)CCC(=O)N3)[C@H](C)CO1. The molecule has 2 heterocycles. The smallest absolute Gasteiger partial charge is 0.243 e. The van der Waals surface area contributed by atoms with Gasteiger partial charge in [-0.1, -0.05) is 0 Å². The van der Waals surface area contributed by atoms with Crippen LogP contribution in [0.25, 0.3) is 0 Å². The molecule has 0 radical (unpaired) electrons. The summed E-state index contributed by atoms with van der Waals surface area (Å²) in [5.74, 6) is -0.0290. The maximum absolute atomic E-state index is 12.9. The summed E-state index contributed by atoms with van der Waals surface area (Å²) in [7, 11) is -3.55. The number of nitrogens with one attached hydrogen (secondary N) is 1. The van der Waals surface area contributed by atoms with E-state index in [2.05, 4.69) is 5.32 Å². The summed E-state index contributed by atoms with van der Waals surface area (Å²) in [5.41, 5.74) is 1.58. The Balaban J connectivity index is 1.94. The Labute approximate surface area is 130 Å². The highest BCUT2D eigenvalue weighted by Gasteiger charge is 2.34. The molecule has 3 rings (SSSR count). The number of anilines is 1. The molecule has 1 fully saturated rings. The fourth-order valence-electron chi connectivity index (χ4n) is 2.86. The Morgan fingerprint density at radius 1 is 1.27 bits per heavy atom. The van der Waals surface area contributed by atoms with Crippen LogP contribution in [0.1, 0.15) is 25.8 Å². The summed E-state index contributed by atoms with van der Waals surface area (Å²) >= 11 is 0. The second kappa shape index (κ2) is 5.64. The summed E-state index contributed by atoms with van der Waals surface area (Å²) < 4.78 is 32.8. The molecule has 2 aliphatic heterocycles. The number of carbonyl (C=O) groups is 1. The van der Waals surface area contributed by atoms with Gasteiger partial charge in [-0.05, 0) is 44.0 Å². The number of rotatable bonds is 2. The molecular formula is C15H20N2O4S. The third-order valence-corrected chi connectivity index (χ3v) is 6.11. The van der Waals surface area contributed by atoms with Gasteiger partial charge in [0, 0.05) is 24.7 Å². The van der Waals surface area contributed by atoms with E-state index in [1.54, 1.807) is 18.2 Å². The Hall–Kier alpha value is -1.44. The number of nitrogens with zero attached hydrogens (tertiary/aromatic N) is 1. The van der Waals surface area contributed by atoms with Gasteiger partial charge in [0.25, 0.3) is 0 Å². The van der Waals surface area contributed by atoms with Crippen LogP contribution in [0.15, 0.2) is 23.1 Å². The number of hydrogen-bond acceptors (Lipinski definition) is 4. The lowest BCUT2D eigenvalue weighted by atomic mass is 10.0. The summed E-state index contributed by atoms with van der Waals surface area (Å²) in [4.78, 5) is 11.7. The molecular weight excluding hydrogens is 304 g/mol. The van der Waals surface area contributed by atoms with Gasteiger partial charge in [0.2, 0.25) is 15.9 Å². The minimum absolute atomic E-state index is 0.0290. The second-order valence-electron chi connectivity index (χ2n) is 5.93. The van der Waals surface area contributed by atoms with E-state index in [1.807, 2.05) is 13.8 Å². The van der Waals surface area contributed by atoms with Gasteiger partial charge in [0.05, 0.1) is 17.6 Å². The Morgan fingerprint density at radius 2 is 2.05 bits per heavy atom. The van der Waals surface area contributed by atoms with Crippen molar-refractivity contribution in [2.75, 3.05) is 18.5 Å². The van der Waals surface area contributed by atoms with Gasteiger partial charge in [-0.3, -0.25) is 4.79 Å². The zero-order valence-corrected chi connectivity index (χ0v) is 13.5. The van der Waals surface area contributed by atoms with Gasteiger partial charge in [-0.15, -0.1) is 0 Å². The molecule has 0 spiro atoms. The zero-order chi connectivity index (χ0) is 15.9. The first kappa shape index (κ1) is 15.5. The van der Waals surface area contributed by atoms with Crippen molar-refractivity contribution in [1.82, 2.24) is 4.31 Å². The second-order valence-corrected chi connectivity index (χ2v) is 7.83. The van der Waals surface area contributed by atoms with Crippen molar-refractivity contribution >= 4 is 21.6 Å². The maximum Gasteiger partial charge on any atom is 0.243 e. The van der Waals surface area contributed by atoms with Crippen LogP contribution in [0.4, 0.5) is 5.69 Å². The predicted molar refractivity (Wildman–Crippen MR) is 82.2 cm³/mol. The number of amides is 1. The molecule has 6 nitrogen and oxygen atoms in total. The van der Waals surface area contributed by atoms with Crippen LogP contribution in [0.5, 0.6) is 0 Å². The van der Waals surface area contributed by atoms with E-state index >= 15 is 0 Å². The van der Waals surface area contributed by atoms with Gasteiger partial charge in [0.15, 0.2) is 0 Å². The highest BCUT2D eigenvalue weighted by Crippen LogP contribution is 2.28. The van der Waals surface area contributed by atoms with Crippen LogP contribution >= 0.6 is 0 Å². The van der Waals surface area contributed by atoms with Crippen molar-refractivity contribution in [1.29, 1.82) is 0 Å². The van der Waals surface area contributed by atoms with Crippen molar-refractivity contribution in [2.45, 2.75) is 43.7 Å². The third kappa shape index (κ3) is 2.76. The van der Waals surface area contributed by atoms with Crippen LogP contribution < -0.4 is 5.32 Å². The maximum atomic E-state index is 12.9. The molecule has 0 aromatic heterocycles. The number of hydrogen-bond donors (Lipinski definition) is 1. The van der Waals surface area contributed by atoms with E-state index in [-0.39, 0.29) is 22.9 Å². The minimum atomic E-state index is -3.55. The average Bonchev–Trinajstić information content (AvgIpc) is 2.49. The third-order valence-electron chi connectivity index (χ3n) is 4.13. The van der Waals surface area contributed by atoms with Crippen LogP contribution in [-0.4, -0.2) is 43.9 Å². The van der Waals surface area contributed by atoms with Crippen LogP contribution in [0, 0.1) is 0 Å². The molecule has 2 atom stereocenters. The van der Waals surface area contributed by atoms with E-state index in [1.165, 1.54) is 4.31 Å². The van der Waals surface area contributed by atoms with E-state index in [0.717, 1.165) is 5.56 Å². The molecule has 2 aliphatic rings. The quantitative estimate of drug-likeness (QED) is 0.891. The van der Waals surface area contributed by atoms with E-state index in [0.29, 0.717) is 31.7 Å². The summed E-state index contributed by atoms with van der Waals surface area (Å²) in [6.07, 6.45) is 0.851. The highest BCUT2D eigenvalue weighted by molar-refractivity contribution is 7.89. The normalized spacial score (nSPS) is 26.4. The molecule has 1 amide bonds. The van der Waals surface area contributed by atoms with Gasteiger partial charge in [-0.25, -0.2) is 8.42 Å².